The molecular weight excluding hydrogens is 351 g/mol. The highest BCUT2D eigenvalue weighted by Crippen LogP contribution is 2.26. The number of benzene rings is 1. The number of halogens is 3. The van der Waals surface area contributed by atoms with Gasteiger partial charge in [0.1, 0.15) is 16.7 Å². The average molecular weight is 377 g/mol. The predicted octanol–water partition coefficient (Wildman–Crippen LogP) is 5.46. The van der Waals surface area contributed by atoms with E-state index < -0.39 is 27.6 Å². The van der Waals surface area contributed by atoms with E-state index in [0.29, 0.717) is 12.4 Å². The molecule has 1 rings (SSSR count). The summed E-state index contributed by atoms with van der Waals surface area (Å²) in [5.74, 6) is 0.513. The molecule has 0 aromatic heterocycles. The van der Waals surface area contributed by atoms with E-state index in [-0.39, 0.29) is 5.56 Å². The summed E-state index contributed by atoms with van der Waals surface area (Å²) < 4.78 is 59.9. The Hall–Kier alpha value is -1.37. The Balaban J connectivity index is 2.88. The fourth-order valence-electron chi connectivity index (χ4n) is 1.92. The summed E-state index contributed by atoms with van der Waals surface area (Å²) in [5, 5.41) is 0. The number of hydrogen-bond donors (Lipinski definition) is 0. The molecule has 0 unspecified atom stereocenters. The SMILES string of the molecule is CCCCCCOc1ccc(C(=N[S@@](=O)C(C)(C)C)C(F)(F)F)cc1. The van der Waals surface area contributed by atoms with Gasteiger partial charge in [0.05, 0.1) is 11.4 Å². The summed E-state index contributed by atoms with van der Waals surface area (Å²) in [6, 6.07) is 5.56. The van der Waals surface area contributed by atoms with Gasteiger partial charge in [-0.25, -0.2) is 4.21 Å². The van der Waals surface area contributed by atoms with Crippen LogP contribution < -0.4 is 4.74 Å². The lowest BCUT2D eigenvalue weighted by Crippen LogP contribution is -2.28. The summed E-state index contributed by atoms with van der Waals surface area (Å²) in [4.78, 5) is 0. The van der Waals surface area contributed by atoms with E-state index in [1.807, 2.05) is 0 Å². The minimum Gasteiger partial charge on any atom is -0.494 e. The predicted molar refractivity (Wildman–Crippen MR) is 96.6 cm³/mol. The van der Waals surface area contributed by atoms with Gasteiger partial charge in [0.25, 0.3) is 0 Å². The van der Waals surface area contributed by atoms with E-state index in [1.54, 1.807) is 20.8 Å². The first-order valence-corrected chi connectivity index (χ1v) is 9.47. The standard InChI is InChI=1S/C18H26F3NO2S/c1-5-6-7-8-13-24-15-11-9-14(10-12-15)16(18(19,20)21)22-25(23)17(2,3)4/h9-12H,5-8,13H2,1-4H3/t25-/m0/s1. The summed E-state index contributed by atoms with van der Waals surface area (Å²) >= 11 is 0. The molecule has 0 saturated carbocycles. The molecule has 3 nitrogen and oxygen atoms in total. The van der Waals surface area contributed by atoms with Gasteiger partial charge in [0, 0.05) is 5.56 Å². The first-order chi connectivity index (χ1) is 11.6. The van der Waals surface area contributed by atoms with Crippen molar-refractivity contribution in [1.29, 1.82) is 0 Å². The highest BCUT2D eigenvalue weighted by Gasteiger charge is 2.38. The third kappa shape index (κ3) is 7.59. The largest absolute Gasteiger partial charge is 0.494 e. The van der Waals surface area contributed by atoms with Crippen molar-refractivity contribution in [2.45, 2.75) is 64.3 Å². The fraction of sp³-hybridized carbons (Fsp3) is 0.611. The molecule has 1 aromatic rings. The first kappa shape index (κ1) is 21.7. The van der Waals surface area contributed by atoms with Crippen molar-refractivity contribution >= 4 is 16.7 Å². The molecule has 0 aliphatic heterocycles. The molecule has 142 valence electrons. The summed E-state index contributed by atoms with van der Waals surface area (Å²) in [7, 11) is -1.99. The number of alkyl halides is 3. The molecule has 0 aliphatic carbocycles. The third-order valence-electron chi connectivity index (χ3n) is 3.36. The quantitative estimate of drug-likeness (QED) is 0.446. The molecule has 0 bridgehead atoms. The Labute approximate surface area is 150 Å². The normalized spacial score (nSPS) is 14.4. The molecule has 0 amide bonds. The van der Waals surface area contributed by atoms with Crippen LogP contribution in [0.25, 0.3) is 0 Å². The first-order valence-electron chi connectivity index (χ1n) is 8.37. The van der Waals surface area contributed by atoms with Crippen LogP contribution in [-0.4, -0.2) is 27.5 Å². The van der Waals surface area contributed by atoms with Crippen molar-refractivity contribution in [3.8, 4) is 5.75 Å². The van der Waals surface area contributed by atoms with Gasteiger partial charge in [-0.1, -0.05) is 26.2 Å². The second-order valence-corrected chi connectivity index (χ2v) is 8.64. The van der Waals surface area contributed by atoms with E-state index in [4.69, 9.17) is 4.74 Å². The molecule has 0 heterocycles. The van der Waals surface area contributed by atoms with Crippen LogP contribution in [0.5, 0.6) is 5.75 Å². The molecule has 1 atom stereocenters. The molecule has 0 fully saturated rings. The Morgan fingerprint density at radius 3 is 2.16 bits per heavy atom. The highest BCUT2D eigenvalue weighted by molar-refractivity contribution is 7.85. The molecular formula is C18H26F3NO2S. The Kier molecular flexibility index (Phi) is 8.12. The minimum atomic E-state index is -4.68. The van der Waals surface area contributed by atoms with Crippen molar-refractivity contribution < 1.29 is 22.1 Å². The molecule has 0 N–H and O–H groups in total. The fourth-order valence-corrected chi connectivity index (χ4v) is 2.56. The lowest BCUT2D eigenvalue weighted by Gasteiger charge is -2.17. The molecule has 0 spiro atoms. The van der Waals surface area contributed by atoms with E-state index in [9.17, 15) is 17.4 Å². The second kappa shape index (κ2) is 9.36. The zero-order valence-electron chi connectivity index (χ0n) is 15.2. The zero-order chi connectivity index (χ0) is 19.1. The van der Waals surface area contributed by atoms with Crippen LogP contribution in [0.4, 0.5) is 13.2 Å². The van der Waals surface area contributed by atoms with Crippen molar-refractivity contribution in [2.75, 3.05) is 6.61 Å². The maximum Gasteiger partial charge on any atom is 0.434 e. The number of unbranched alkanes of at least 4 members (excludes halogenated alkanes) is 3. The van der Waals surface area contributed by atoms with E-state index in [1.165, 1.54) is 24.3 Å². The van der Waals surface area contributed by atoms with Crippen LogP contribution >= 0.6 is 0 Å². The van der Waals surface area contributed by atoms with Gasteiger partial charge >= 0.3 is 6.18 Å². The van der Waals surface area contributed by atoms with Gasteiger partial charge in [-0.15, -0.1) is 0 Å². The van der Waals surface area contributed by atoms with Gasteiger partial charge in [-0.05, 0) is 51.5 Å². The Morgan fingerprint density at radius 2 is 1.68 bits per heavy atom. The summed E-state index contributed by atoms with van der Waals surface area (Å²) in [6.45, 7) is 7.39. The number of rotatable bonds is 8. The van der Waals surface area contributed by atoms with Gasteiger partial charge < -0.3 is 4.74 Å². The maximum atomic E-state index is 13.3. The van der Waals surface area contributed by atoms with Crippen molar-refractivity contribution in [1.82, 2.24) is 0 Å². The van der Waals surface area contributed by atoms with E-state index >= 15 is 0 Å². The van der Waals surface area contributed by atoms with Crippen molar-refractivity contribution in [3.63, 3.8) is 0 Å². The lowest BCUT2D eigenvalue weighted by molar-refractivity contribution is -0.0578. The van der Waals surface area contributed by atoms with E-state index in [2.05, 4.69) is 11.3 Å². The molecule has 7 heteroatoms. The third-order valence-corrected chi connectivity index (χ3v) is 4.76. The van der Waals surface area contributed by atoms with Gasteiger partial charge in [-0.3, -0.25) is 0 Å². The molecule has 1 aromatic carbocycles. The monoisotopic (exact) mass is 377 g/mol. The number of nitrogens with zero attached hydrogens (tertiary/aromatic N) is 1. The molecule has 0 aliphatic rings. The second-order valence-electron chi connectivity index (χ2n) is 6.73. The van der Waals surface area contributed by atoms with Crippen LogP contribution in [0, 0.1) is 0 Å². The van der Waals surface area contributed by atoms with Crippen LogP contribution in [-0.2, 0) is 11.0 Å². The smallest absolute Gasteiger partial charge is 0.434 e. The van der Waals surface area contributed by atoms with Crippen molar-refractivity contribution in [3.05, 3.63) is 29.8 Å². The van der Waals surface area contributed by atoms with Gasteiger partial charge in [-0.2, -0.15) is 17.6 Å². The Bertz CT molecular complexity index is 590. The molecule has 0 radical (unpaired) electrons. The van der Waals surface area contributed by atoms with E-state index in [0.717, 1.165) is 25.7 Å². The average Bonchev–Trinajstić information content (AvgIpc) is 2.51. The van der Waals surface area contributed by atoms with Gasteiger partial charge in [0.2, 0.25) is 0 Å². The number of ether oxygens (including phenoxy) is 1. The van der Waals surface area contributed by atoms with Gasteiger partial charge in [0.15, 0.2) is 5.71 Å². The highest BCUT2D eigenvalue weighted by atomic mass is 32.2. The van der Waals surface area contributed by atoms with Crippen LogP contribution in [0.1, 0.15) is 58.9 Å². The van der Waals surface area contributed by atoms with Crippen LogP contribution in [0.3, 0.4) is 0 Å². The maximum absolute atomic E-state index is 13.3. The van der Waals surface area contributed by atoms with Crippen LogP contribution in [0.15, 0.2) is 28.7 Å². The number of hydrogen-bond acceptors (Lipinski definition) is 2. The topological polar surface area (TPSA) is 38.7 Å². The Morgan fingerprint density at radius 1 is 1.08 bits per heavy atom. The lowest BCUT2D eigenvalue weighted by atomic mass is 10.1. The summed E-state index contributed by atoms with van der Waals surface area (Å²) in [6.07, 6.45) is -0.431. The minimum absolute atomic E-state index is 0.122. The zero-order valence-corrected chi connectivity index (χ0v) is 16.0. The summed E-state index contributed by atoms with van der Waals surface area (Å²) in [5.41, 5.74) is -1.25. The molecule has 0 saturated heterocycles. The van der Waals surface area contributed by atoms with Crippen LogP contribution in [0.2, 0.25) is 0 Å². The van der Waals surface area contributed by atoms with Crippen molar-refractivity contribution in [2.24, 2.45) is 4.40 Å². The molecule has 25 heavy (non-hydrogen) atoms.